The summed E-state index contributed by atoms with van der Waals surface area (Å²) in [5, 5.41) is 8.41. The summed E-state index contributed by atoms with van der Waals surface area (Å²) < 4.78 is 0. The molecule has 0 aliphatic rings. The summed E-state index contributed by atoms with van der Waals surface area (Å²) in [6, 6.07) is -0.835. The number of carboxylic acids is 1. The maximum Gasteiger partial charge on any atom is 0.320 e. The number of carbonyl (C=O) groups excluding carboxylic acids is 1. The lowest BCUT2D eigenvalue weighted by Crippen LogP contribution is -2.30. The molecule has 0 fully saturated rings. The molecule has 0 heterocycles. The summed E-state index contributed by atoms with van der Waals surface area (Å²) >= 11 is 6.62. The topological polar surface area (TPSA) is 80.4 Å². The van der Waals surface area contributed by atoms with Crippen molar-refractivity contribution < 1.29 is 14.7 Å². The van der Waals surface area contributed by atoms with Crippen LogP contribution in [0.2, 0.25) is 0 Å². The Balaban J connectivity index is 3.35. The van der Waals surface area contributed by atoms with Gasteiger partial charge in [-0.3, -0.25) is 9.59 Å². The maximum absolute atomic E-state index is 10.7. The number of thioether (sulfide) groups is 1. The highest BCUT2D eigenvalue weighted by Gasteiger charge is 2.10. The summed E-state index contributed by atoms with van der Waals surface area (Å²) in [6.07, 6.45) is 0.371. The van der Waals surface area contributed by atoms with E-state index in [0.717, 1.165) is 0 Å². The monoisotopic (exact) mass is 225 g/mol. The zero-order valence-corrected chi connectivity index (χ0v) is 8.61. The van der Waals surface area contributed by atoms with Crippen molar-refractivity contribution in [2.45, 2.75) is 12.5 Å². The van der Waals surface area contributed by atoms with Crippen molar-refractivity contribution in [3.63, 3.8) is 0 Å². The van der Waals surface area contributed by atoms with Gasteiger partial charge in [-0.2, -0.15) is 11.8 Å². The molecule has 3 N–H and O–H groups in total. The predicted octanol–water partition coefficient (Wildman–Crippen LogP) is 0.329. The van der Waals surface area contributed by atoms with E-state index in [0.29, 0.717) is 17.9 Å². The van der Waals surface area contributed by atoms with Crippen LogP contribution in [0.3, 0.4) is 0 Å². The van der Waals surface area contributed by atoms with E-state index in [1.165, 1.54) is 11.8 Å². The first kappa shape index (κ1) is 12.7. The number of carboxylic acid groups (broad SMARTS) is 1. The van der Waals surface area contributed by atoms with Gasteiger partial charge in [-0.15, -0.1) is 11.6 Å². The van der Waals surface area contributed by atoms with Crippen LogP contribution in [0.1, 0.15) is 6.42 Å². The minimum Gasteiger partial charge on any atom is -0.480 e. The van der Waals surface area contributed by atoms with Crippen LogP contribution in [0.15, 0.2) is 0 Å². The molecule has 1 atom stereocenters. The number of rotatable bonds is 7. The number of hydrogen-bond acceptors (Lipinski definition) is 4. The van der Waals surface area contributed by atoms with Gasteiger partial charge in [0.25, 0.3) is 0 Å². The summed E-state index contributed by atoms with van der Waals surface area (Å²) in [7, 11) is 0. The molecule has 0 spiro atoms. The average molecular weight is 226 g/mol. The summed E-state index contributed by atoms with van der Waals surface area (Å²) in [5.74, 6) is -0.149. The Kier molecular flexibility index (Phi) is 7.03. The van der Waals surface area contributed by atoms with Gasteiger partial charge < -0.3 is 10.8 Å². The fraction of sp³-hybridized carbons (Fsp3) is 0.714. The lowest BCUT2D eigenvalue weighted by molar-refractivity contribution is -0.138. The van der Waals surface area contributed by atoms with Crippen molar-refractivity contribution in [3.8, 4) is 0 Å². The van der Waals surface area contributed by atoms with E-state index < -0.39 is 12.0 Å². The Bertz CT molecular complexity index is 189. The van der Waals surface area contributed by atoms with Gasteiger partial charge in [0.1, 0.15) is 6.04 Å². The minimum absolute atomic E-state index is 0.0119. The van der Waals surface area contributed by atoms with Crippen molar-refractivity contribution in [1.82, 2.24) is 0 Å². The smallest absolute Gasteiger partial charge is 0.320 e. The van der Waals surface area contributed by atoms with Crippen molar-refractivity contribution in [2.75, 3.05) is 17.4 Å². The second kappa shape index (κ2) is 7.17. The van der Waals surface area contributed by atoms with E-state index in [4.69, 9.17) is 22.4 Å². The van der Waals surface area contributed by atoms with Gasteiger partial charge in [0.15, 0.2) is 5.78 Å². The van der Waals surface area contributed by atoms with Crippen molar-refractivity contribution in [3.05, 3.63) is 0 Å². The molecule has 0 amide bonds. The molecule has 0 saturated carbocycles. The number of alkyl halides is 1. The fourth-order valence-corrected chi connectivity index (χ4v) is 1.66. The third-order valence-electron chi connectivity index (χ3n) is 1.30. The molecule has 0 aliphatic carbocycles. The molecular weight excluding hydrogens is 214 g/mol. The number of aliphatic carboxylic acids is 1. The molecule has 0 aromatic rings. The molecule has 0 radical (unpaired) electrons. The van der Waals surface area contributed by atoms with Gasteiger partial charge in [-0.1, -0.05) is 0 Å². The van der Waals surface area contributed by atoms with Gasteiger partial charge in [0.05, 0.1) is 11.6 Å². The van der Waals surface area contributed by atoms with E-state index in [1.807, 2.05) is 0 Å². The number of ketones is 1. The Hall–Kier alpha value is -0.260. The van der Waals surface area contributed by atoms with Crippen LogP contribution in [-0.4, -0.2) is 40.3 Å². The first-order valence-corrected chi connectivity index (χ1v) is 5.40. The Labute approximate surface area is 85.8 Å². The molecule has 0 aliphatic heterocycles. The number of hydrogen-bond donors (Lipinski definition) is 2. The van der Waals surface area contributed by atoms with E-state index in [2.05, 4.69) is 0 Å². The molecule has 13 heavy (non-hydrogen) atoms. The molecule has 0 aromatic carbocycles. The molecular formula is C7H12ClNO3S. The lowest BCUT2D eigenvalue weighted by Gasteiger charge is -2.04. The molecule has 4 nitrogen and oxygen atoms in total. The predicted molar refractivity (Wildman–Crippen MR) is 53.3 cm³/mol. The fourth-order valence-electron chi connectivity index (χ4n) is 0.558. The second-order valence-corrected chi connectivity index (χ2v) is 3.83. The quantitative estimate of drug-likeness (QED) is 0.482. The zero-order valence-electron chi connectivity index (χ0n) is 7.03. The molecule has 0 saturated heterocycles. The first-order chi connectivity index (χ1) is 6.07. The standard InChI is InChI=1S/C7H12ClNO3S/c8-3-5(10)4-13-2-1-6(9)7(11)12/h6H,1-4,9H2,(H,11,12)/t6-/m0/s1. The van der Waals surface area contributed by atoms with Gasteiger partial charge >= 0.3 is 5.97 Å². The first-order valence-electron chi connectivity index (χ1n) is 3.71. The molecule has 0 rings (SSSR count). The van der Waals surface area contributed by atoms with E-state index in [9.17, 15) is 9.59 Å². The van der Waals surface area contributed by atoms with Crippen LogP contribution in [-0.2, 0) is 9.59 Å². The normalized spacial score (nSPS) is 12.5. The number of halogens is 1. The van der Waals surface area contributed by atoms with E-state index in [-0.39, 0.29) is 11.7 Å². The van der Waals surface area contributed by atoms with Crippen LogP contribution in [0.4, 0.5) is 0 Å². The van der Waals surface area contributed by atoms with Crippen molar-refractivity contribution in [2.24, 2.45) is 5.73 Å². The van der Waals surface area contributed by atoms with Crippen molar-refractivity contribution >= 4 is 35.1 Å². The van der Waals surface area contributed by atoms with Gasteiger partial charge in [-0.05, 0) is 12.2 Å². The highest BCUT2D eigenvalue weighted by atomic mass is 35.5. The largest absolute Gasteiger partial charge is 0.480 e. The average Bonchev–Trinajstić information content (AvgIpc) is 2.11. The number of Topliss-reactive ketones (excluding diaryl/α,β-unsaturated/α-hetero) is 1. The molecule has 0 aromatic heterocycles. The minimum atomic E-state index is -1.01. The highest BCUT2D eigenvalue weighted by Crippen LogP contribution is 2.04. The van der Waals surface area contributed by atoms with Crippen LogP contribution in [0, 0.1) is 0 Å². The summed E-state index contributed by atoms with van der Waals surface area (Å²) in [5.41, 5.74) is 5.24. The zero-order chi connectivity index (χ0) is 10.3. The SMILES string of the molecule is N[C@@H](CCSCC(=O)CCl)C(=O)O. The second-order valence-electron chi connectivity index (χ2n) is 2.46. The summed E-state index contributed by atoms with van der Waals surface area (Å²) in [6.45, 7) is 0. The van der Waals surface area contributed by atoms with Gasteiger partial charge in [0, 0.05) is 0 Å². The third-order valence-corrected chi connectivity index (χ3v) is 2.65. The molecule has 0 bridgehead atoms. The lowest BCUT2D eigenvalue weighted by atomic mass is 10.2. The molecule has 76 valence electrons. The Morgan fingerprint density at radius 2 is 2.15 bits per heavy atom. The molecule has 0 unspecified atom stereocenters. The van der Waals surface area contributed by atoms with Crippen molar-refractivity contribution in [1.29, 1.82) is 0 Å². The highest BCUT2D eigenvalue weighted by molar-refractivity contribution is 7.99. The number of nitrogens with two attached hydrogens (primary N) is 1. The summed E-state index contributed by atoms with van der Waals surface area (Å²) in [4.78, 5) is 21.0. The van der Waals surface area contributed by atoms with Gasteiger partial charge in [-0.25, -0.2) is 0 Å². The van der Waals surface area contributed by atoms with Crippen LogP contribution in [0.5, 0.6) is 0 Å². The number of carbonyl (C=O) groups is 2. The Morgan fingerprint density at radius 3 is 2.62 bits per heavy atom. The third kappa shape index (κ3) is 6.86. The van der Waals surface area contributed by atoms with Gasteiger partial charge in [0.2, 0.25) is 0 Å². The van der Waals surface area contributed by atoms with Crippen LogP contribution >= 0.6 is 23.4 Å². The van der Waals surface area contributed by atoms with Crippen LogP contribution in [0.25, 0.3) is 0 Å². The molecule has 6 heteroatoms. The van der Waals surface area contributed by atoms with E-state index >= 15 is 0 Å². The maximum atomic E-state index is 10.7. The Morgan fingerprint density at radius 1 is 1.54 bits per heavy atom. The van der Waals surface area contributed by atoms with E-state index in [1.54, 1.807) is 0 Å². The van der Waals surface area contributed by atoms with Crippen LogP contribution < -0.4 is 5.73 Å².